The third-order valence-electron chi connectivity index (χ3n) is 4.07. The van der Waals surface area contributed by atoms with Crippen LogP contribution in [-0.4, -0.2) is 43.3 Å². The molecule has 0 aromatic heterocycles. The van der Waals surface area contributed by atoms with Crippen LogP contribution in [0.5, 0.6) is 0 Å². The van der Waals surface area contributed by atoms with Crippen molar-refractivity contribution in [2.24, 2.45) is 5.92 Å². The molecule has 0 saturated carbocycles. The van der Waals surface area contributed by atoms with Gasteiger partial charge in [0.15, 0.2) is 0 Å². The molecule has 1 fully saturated rings. The summed E-state index contributed by atoms with van der Waals surface area (Å²) in [4.78, 5) is 14.3. The average molecular weight is 334 g/mol. The molecule has 0 aliphatic carbocycles. The number of nitrogens with one attached hydrogen (secondary N) is 1. The van der Waals surface area contributed by atoms with Gasteiger partial charge in [0.1, 0.15) is 0 Å². The van der Waals surface area contributed by atoms with E-state index in [1.54, 1.807) is 0 Å². The molecule has 1 atom stereocenters. The van der Waals surface area contributed by atoms with Crippen LogP contribution in [0.4, 0.5) is 10.5 Å². The van der Waals surface area contributed by atoms with Crippen molar-refractivity contribution in [1.29, 1.82) is 0 Å². The first-order valence-electron chi connectivity index (χ1n) is 8.89. The van der Waals surface area contributed by atoms with Crippen LogP contribution in [0.15, 0.2) is 24.3 Å². The van der Waals surface area contributed by atoms with E-state index < -0.39 is 0 Å². The van der Waals surface area contributed by atoms with E-state index in [1.807, 2.05) is 43.0 Å². The summed E-state index contributed by atoms with van der Waals surface area (Å²) in [7, 11) is 0. The number of rotatable bonds is 7. The predicted octanol–water partition coefficient (Wildman–Crippen LogP) is 3.89. The zero-order valence-electron chi connectivity index (χ0n) is 15.1. The number of likely N-dealkylation sites (tertiary alicyclic amines) is 1. The number of amides is 2. The Balaban J connectivity index is 1.78. The number of urea groups is 1. The maximum atomic E-state index is 12.4. The van der Waals surface area contributed by atoms with E-state index >= 15 is 0 Å². The van der Waals surface area contributed by atoms with Crippen LogP contribution in [0.25, 0.3) is 0 Å². The van der Waals surface area contributed by atoms with Crippen molar-refractivity contribution in [3.8, 4) is 0 Å². The van der Waals surface area contributed by atoms with Gasteiger partial charge in [0.2, 0.25) is 0 Å². The van der Waals surface area contributed by atoms with Crippen LogP contribution in [0, 0.1) is 5.92 Å². The van der Waals surface area contributed by atoms with E-state index in [-0.39, 0.29) is 12.1 Å². The molecule has 2 amide bonds. The molecule has 134 valence electrons. The Hall–Kier alpha value is -1.59. The number of piperidine rings is 1. The summed E-state index contributed by atoms with van der Waals surface area (Å²) in [6.45, 7) is 9.58. The standard InChI is InChI=1S/C19H30N2O3/c1-15(2)24-11-10-23-14-17-7-4-8-18(12-17)20-19(22)21-9-5-6-16(3)13-21/h4,7-8,12,15-16H,5-6,9-11,13-14H2,1-3H3,(H,20,22)/t16-/m1/s1. The molecule has 2 rings (SSSR count). The summed E-state index contributed by atoms with van der Waals surface area (Å²) in [6.07, 6.45) is 2.52. The van der Waals surface area contributed by atoms with Crippen molar-refractivity contribution in [3.63, 3.8) is 0 Å². The van der Waals surface area contributed by atoms with E-state index in [2.05, 4.69) is 12.2 Å². The molecular formula is C19H30N2O3. The SMILES string of the molecule is CC(C)OCCOCc1cccc(NC(=O)N2CCC[C@@H](C)C2)c1. The number of hydrogen-bond donors (Lipinski definition) is 1. The molecule has 1 saturated heterocycles. The molecule has 1 aliphatic rings. The third-order valence-corrected chi connectivity index (χ3v) is 4.07. The topological polar surface area (TPSA) is 50.8 Å². The van der Waals surface area contributed by atoms with Crippen LogP contribution < -0.4 is 5.32 Å². The predicted molar refractivity (Wildman–Crippen MR) is 96.2 cm³/mol. The molecule has 0 bridgehead atoms. The van der Waals surface area contributed by atoms with Gasteiger partial charge in [0, 0.05) is 18.8 Å². The van der Waals surface area contributed by atoms with E-state index in [0.717, 1.165) is 30.8 Å². The smallest absolute Gasteiger partial charge is 0.321 e. The lowest BCUT2D eigenvalue weighted by Gasteiger charge is -2.31. The zero-order chi connectivity index (χ0) is 17.4. The molecule has 24 heavy (non-hydrogen) atoms. The van der Waals surface area contributed by atoms with Crippen molar-refractivity contribution in [2.75, 3.05) is 31.6 Å². The van der Waals surface area contributed by atoms with Gasteiger partial charge in [-0.05, 0) is 50.3 Å². The maximum absolute atomic E-state index is 12.4. The number of ether oxygens (including phenoxy) is 2. The quantitative estimate of drug-likeness (QED) is 0.770. The highest BCUT2D eigenvalue weighted by atomic mass is 16.5. The van der Waals surface area contributed by atoms with Gasteiger partial charge in [-0.2, -0.15) is 0 Å². The fourth-order valence-corrected chi connectivity index (χ4v) is 2.85. The summed E-state index contributed by atoms with van der Waals surface area (Å²) >= 11 is 0. The Labute approximate surface area is 145 Å². The second-order valence-corrected chi connectivity index (χ2v) is 6.80. The van der Waals surface area contributed by atoms with Crippen molar-refractivity contribution in [1.82, 2.24) is 4.90 Å². The number of carbonyl (C=O) groups is 1. The highest BCUT2D eigenvalue weighted by Crippen LogP contribution is 2.17. The minimum atomic E-state index is -0.00930. The Morgan fingerprint density at radius 3 is 2.96 bits per heavy atom. The molecule has 1 aliphatic heterocycles. The van der Waals surface area contributed by atoms with Crippen molar-refractivity contribution in [3.05, 3.63) is 29.8 Å². The van der Waals surface area contributed by atoms with Crippen molar-refractivity contribution in [2.45, 2.75) is 46.3 Å². The zero-order valence-corrected chi connectivity index (χ0v) is 15.1. The summed E-state index contributed by atoms with van der Waals surface area (Å²) < 4.78 is 11.1. The normalized spacial score (nSPS) is 18.0. The fourth-order valence-electron chi connectivity index (χ4n) is 2.85. The lowest BCUT2D eigenvalue weighted by atomic mass is 10.0. The first-order valence-corrected chi connectivity index (χ1v) is 8.89. The molecule has 1 heterocycles. The van der Waals surface area contributed by atoms with Crippen LogP contribution >= 0.6 is 0 Å². The number of hydrogen-bond acceptors (Lipinski definition) is 3. The second-order valence-electron chi connectivity index (χ2n) is 6.80. The van der Waals surface area contributed by atoms with Crippen LogP contribution in [0.1, 0.15) is 39.2 Å². The number of nitrogens with zero attached hydrogens (tertiary/aromatic N) is 1. The van der Waals surface area contributed by atoms with Gasteiger partial charge in [-0.1, -0.05) is 19.1 Å². The molecule has 1 aromatic rings. The Bertz CT molecular complexity index is 519. The lowest BCUT2D eigenvalue weighted by molar-refractivity contribution is 0.0143. The average Bonchev–Trinajstić information content (AvgIpc) is 2.54. The second kappa shape index (κ2) is 9.64. The fraction of sp³-hybridized carbons (Fsp3) is 0.632. The van der Waals surface area contributed by atoms with Gasteiger partial charge in [-0.15, -0.1) is 0 Å². The van der Waals surface area contributed by atoms with E-state index in [0.29, 0.717) is 25.7 Å². The molecule has 1 N–H and O–H groups in total. The van der Waals surface area contributed by atoms with Gasteiger partial charge < -0.3 is 19.7 Å². The van der Waals surface area contributed by atoms with Gasteiger partial charge in [-0.25, -0.2) is 4.79 Å². The summed E-state index contributed by atoms with van der Waals surface area (Å²) in [5.74, 6) is 0.581. The minimum absolute atomic E-state index is 0.00930. The highest BCUT2D eigenvalue weighted by molar-refractivity contribution is 5.89. The molecule has 0 spiro atoms. The third kappa shape index (κ3) is 6.49. The van der Waals surface area contributed by atoms with E-state index in [9.17, 15) is 4.79 Å². The van der Waals surface area contributed by atoms with Gasteiger partial charge in [0.05, 0.1) is 25.9 Å². The van der Waals surface area contributed by atoms with Gasteiger partial charge in [0.25, 0.3) is 0 Å². The summed E-state index contributed by atoms with van der Waals surface area (Å²) in [5.41, 5.74) is 1.86. The van der Waals surface area contributed by atoms with Crippen LogP contribution in [-0.2, 0) is 16.1 Å². The molecule has 0 unspecified atom stereocenters. The first kappa shape index (κ1) is 18.7. The first-order chi connectivity index (χ1) is 11.5. The summed E-state index contributed by atoms with van der Waals surface area (Å²) in [5, 5.41) is 3.00. The molecule has 1 aromatic carbocycles. The van der Waals surface area contributed by atoms with Gasteiger partial charge >= 0.3 is 6.03 Å². The molecule has 5 nitrogen and oxygen atoms in total. The lowest BCUT2D eigenvalue weighted by Crippen LogP contribution is -2.41. The highest BCUT2D eigenvalue weighted by Gasteiger charge is 2.20. The van der Waals surface area contributed by atoms with Crippen LogP contribution in [0.2, 0.25) is 0 Å². The Morgan fingerprint density at radius 1 is 1.38 bits per heavy atom. The monoisotopic (exact) mass is 334 g/mol. The van der Waals surface area contributed by atoms with Crippen LogP contribution in [0.3, 0.4) is 0 Å². The Kier molecular flexibility index (Phi) is 7.53. The molecule has 5 heteroatoms. The molecule has 0 radical (unpaired) electrons. The maximum Gasteiger partial charge on any atom is 0.321 e. The van der Waals surface area contributed by atoms with Crippen molar-refractivity contribution < 1.29 is 14.3 Å². The summed E-state index contributed by atoms with van der Waals surface area (Å²) in [6, 6.07) is 7.82. The van der Waals surface area contributed by atoms with E-state index in [1.165, 1.54) is 6.42 Å². The van der Waals surface area contributed by atoms with Crippen molar-refractivity contribution >= 4 is 11.7 Å². The molecular weight excluding hydrogens is 304 g/mol. The number of carbonyl (C=O) groups excluding carboxylic acids is 1. The van der Waals surface area contributed by atoms with E-state index in [4.69, 9.17) is 9.47 Å². The number of anilines is 1. The minimum Gasteiger partial charge on any atom is -0.376 e. The largest absolute Gasteiger partial charge is 0.376 e. The van der Waals surface area contributed by atoms with Gasteiger partial charge in [-0.3, -0.25) is 0 Å². The number of benzene rings is 1. The Morgan fingerprint density at radius 2 is 2.21 bits per heavy atom.